The highest BCUT2D eigenvalue weighted by atomic mass is 32.3. The molecule has 0 spiro atoms. The maximum absolute atomic E-state index is 12.5. The van der Waals surface area contributed by atoms with Crippen LogP contribution < -0.4 is 0 Å². The number of rotatable bonds is 0. The average Bonchev–Trinajstić information content (AvgIpc) is 2.26. The lowest BCUT2D eigenvalue weighted by molar-refractivity contribution is 0.589. The van der Waals surface area contributed by atoms with Crippen LogP contribution in [0.2, 0.25) is 0 Å². The van der Waals surface area contributed by atoms with Crippen molar-refractivity contribution in [2.45, 2.75) is 11.8 Å². The van der Waals surface area contributed by atoms with Gasteiger partial charge in [-0.15, -0.1) is 4.36 Å². The molecule has 1 aliphatic heterocycles. The normalized spacial score (nSPS) is 22.9. The van der Waals surface area contributed by atoms with E-state index in [1.165, 1.54) is 5.39 Å². The summed E-state index contributed by atoms with van der Waals surface area (Å²) in [5.41, 5.74) is 1.86. The molecule has 0 saturated heterocycles. The number of hydrogen-bond acceptors (Lipinski definition) is 2. The monoisotopic (exact) mass is 243 g/mol. The van der Waals surface area contributed by atoms with Gasteiger partial charge in [0.15, 0.2) is 0 Å². The van der Waals surface area contributed by atoms with Crippen LogP contribution in [0.3, 0.4) is 0 Å². The van der Waals surface area contributed by atoms with E-state index in [1.54, 1.807) is 6.26 Å². The molecule has 86 valence electrons. The highest BCUT2D eigenvalue weighted by Gasteiger charge is 2.20. The van der Waals surface area contributed by atoms with Crippen molar-refractivity contribution in [1.82, 2.24) is 0 Å². The van der Waals surface area contributed by atoms with E-state index in [4.69, 9.17) is 0 Å². The van der Waals surface area contributed by atoms with Crippen molar-refractivity contribution in [1.29, 1.82) is 0 Å². The quantitative estimate of drug-likeness (QED) is 0.650. The summed E-state index contributed by atoms with van der Waals surface area (Å²) < 4.78 is 16.7. The van der Waals surface area contributed by atoms with E-state index in [0.29, 0.717) is 0 Å². The maximum Gasteiger partial charge on any atom is 0.144 e. The zero-order valence-corrected chi connectivity index (χ0v) is 10.6. The molecule has 3 rings (SSSR count). The van der Waals surface area contributed by atoms with Crippen molar-refractivity contribution in [3.63, 3.8) is 0 Å². The van der Waals surface area contributed by atoms with Crippen LogP contribution in [0, 0.1) is 0 Å². The Hall–Kier alpha value is -1.45. The van der Waals surface area contributed by atoms with E-state index in [2.05, 4.69) is 16.5 Å². The summed E-state index contributed by atoms with van der Waals surface area (Å²) in [7, 11) is -2.28. The zero-order chi connectivity index (χ0) is 12.0. The third kappa shape index (κ3) is 1.72. The topological polar surface area (TPSA) is 35.4 Å². The number of fused-ring (bicyclic) bond motifs is 2. The van der Waals surface area contributed by atoms with Gasteiger partial charge in [-0.1, -0.05) is 24.3 Å². The molecular formula is C14H13NOS. The highest BCUT2D eigenvalue weighted by Crippen LogP contribution is 2.33. The van der Waals surface area contributed by atoms with Crippen molar-refractivity contribution < 1.29 is 4.55 Å². The van der Waals surface area contributed by atoms with Crippen LogP contribution >= 0.6 is 0 Å². The number of nitrogens with zero attached hydrogens (tertiary/aromatic N) is 1. The molecule has 0 aromatic heterocycles. The summed E-state index contributed by atoms with van der Waals surface area (Å²) in [6.07, 6.45) is 3.70. The van der Waals surface area contributed by atoms with Gasteiger partial charge in [-0.05, 0) is 46.0 Å². The van der Waals surface area contributed by atoms with E-state index >= 15 is 0 Å². The molecule has 2 aromatic rings. The Labute approximate surface area is 102 Å². The molecule has 1 unspecified atom stereocenters. The smallest absolute Gasteiger partial charge is 0.144 e. The molecule has 0 aliphatic carbocycles. The highest BCUT2D eigenvalue weighted by molar-refractivity contribution is 7.99. The molecule has 2 nitrogen and oxygen atoms in total. The predicted octanol–water partition coefficient (Wildman–Crippen LogP) is 3.67. The molecule has 0 bridgehead atoms. The number of benzene rings is 2. The summed E-state index contributed by atoms with van der Waals surface area (Å²) in [6, 6.07) is 12.2. The summed E-state index contributed by atoms with van der Waals surface area (Å²) in [4.78, 5) is 0.849. The lowest BCUT2D eigenvalue weighted by atomic mass is 10.1. The largest absolute Gasteiger partial charge is 0.626 e. The van der Waals surface area contributed by atoms with Gasteiger partial charge in [0.2, 0.25) is 0 Å². The summed E-state index contributed by atoms with van der Waals surface area (Å²) in [6.45, 7) is 1.89. The van der Waals surface area contributed by atoms with Crippen molar-refractivity contribution in [2.75, 3.05) is 6.26 Å². The van der Waals surface area contributed by atoms with Crippen LogP contribution in [0.15, 0.2) is 51.4 Å². The first-order chi connectivity index (χ1) is 8.06. The third-order valence-electron chi connectivity index (χ3n) is 2.97. The molecule has 0 N–H and O–H groups in total. The zero-order valence-electron chi connectivity index (χ0n) is 9.81. The Bertz CT molecular complexity index is 694. The molecule has 2 aromatic carbocycles. The first kappa shape index (κ1) is 10.7. The molecular weight excluding hydrogens is 230 g/mol. The molecule has 1 atom stereocenters. The molecule has 0 radical (unpaired) electrons. The second-order valence-electron chi connectivity index (χ2n) is 4.42. The molecule has 1 heterocycles. The van der Waals surface area contributed by atoms with Gasteiger partial charge >= 0.3 is 0 Å². The fourth-order valence-corrected chi connectivity index (χ4v) is 3.85. The average molecular weight is 243 g/mol. The van der Waals surface area contributed by atoms with Crippen LogP contribution in [0.25, 0.3) is 16.8 Å². The number of allylic oxidation sites excluding steroid dienone is 1. The Kier molecular flexibility index (Phi) is 2.21. The molecule has 1 aliphatic rings. The molecule has 0 amide bonds. The van der Waals surface area contributed by atoms with Gasteiger partial charge in [-0.25, -0.2) is 0 Å². The van der Waals surface area contributed by atoms with Gasteiger partial charge in [-0.2, -0.15) is 0 Å². The van der Waals surface area contributed by atoms with Gasteiger partial charge < -0.3 is 4.55 Å². The summed E-state index contributed by atoms with van der Waals surface area (Å²) in [5, 5.41) is 2.29. The van der Waals surface area contributed by atoms with Crippen LogP contribution in [-0.4, -0.2) is 10.8 Å². The third-order valence-corrected chi connectivity index (χ3v) is 4.77. The second-order valence-corrected chi connectivity index (χ2v) is 6.64. The Morgan fingerprint density at radius 3 is 2.47 bits per heavy atom. The van der Waals surface area contributed by atoms with E-state index in [9.17, 15) is 4.55 Å². The minimum absolute atomic E-state index is 0.834. The van der Waals surface area contributed by atoms with Gasteiger partial charge in [-0.3, -0.25) is 0 Å². The van der Waals surface area contributed by atoms with Crippen molar-refractivity contribution in [3.8, 4) is 0 Å². The Morgan fingerprint density at radius 2 is 1.76 bits per heavy atom. The van der Waals surface area contributed by atoms with Gasteiger partial charge in [0.1, 0.15) is 4.90 Å². The second kappa shape index (κ2) is 3.52. The van der Waals surface area contributed by atoms with Crippen molar-refractivity contribution in [2.24, 2.45) is 4.36 Å². The summed E-state index contributed by atoms with van der Waals surface area (Å²) in [5.74, 6) is 0. The van der Waals surface area contributed by atoms with Gasteiger partial charge in [0.05, 0.1) is 12.0 Å². The lowest BCUT2D eigenvalue weighted by Crippen LogP contribution is -2.13. The van der Waals surface area contributed by atoms with Crippen molar-refractivity contribution in [3.05, 3.63) is 47.7 Å². The minimum Gasteiger partial charge on any atom is -0.626 e. The van der Waals surface area contributed by atoms with Gasteiger partial charge in [0, 0.05) is 5.56 Å². The SMILES string of the molecule is CC1=Cc2cc3ccccc3cc2[S+](C)([O-])=N1. The predicted molar refractivity (Wildman–Crippen MR) is 72.4 cm³/mol. The molecule has 3 heteroatoms. The fourth-order valence-electron chi connectivity index (χ4n) is 2.25. The van der Waals surface area contributed by atoms with Gasteiger partial charge in [0.25, 0.3) is 0 Å². The summed E-state index contributed by atoms with van der Waals surface area (Å²) >= 11 is 0. The standard InChI is InChI=1S/C14H13NOS/c1-10-7-13-8-11-5-3-4-6-12(11)9-14(13)17(2,16)15-10/h3-9H,1-2H3. The molecule has 0 saturated carbocycles. The lowest BCUT2D eigenvalue weighted by Gasteiger charge is -2.22. The maximum atomic E-state index is 12.5. The number of hydrogen-bond donors (Lipinski definition) is 0. The Balaban J connectivity index is 2.41. The van der Waals surface area contributed by atoms with E-state index < -0.39 is 10.1 Å². The van der Waals surface area contributed by atoms with Crippen LogP contribution in [-0.2, 0) is 10.1 Å². The van der Waals surface area contributed by atoms with Crippen LogP contribution in [0.4, 0.5) is 0 Å². The van der Waals surface area contributed by atoms with E-state index in [1.807, 2.05) is 37.3 Å². The Morgan fingerprint density at radius 1 is 1.12 bits per heavy atom. The first-order valence-electron chi connectivity index (χ1n) is 5.49. The van der Waals surface area contributed by atoms with E-state index in [0.717, 1.165) is 21.5 Å². The molecule has 0 fully saturated rings. The first-order valence-corrected chi connectivity index (χ1v) is 7.42. The molecule has 17 heavy (non-hydrogen) atoms. The fraction of sp³-hybridized carbons (Fsp3) is 0.143. The minimum atomic E-state index is -2.28. The van der Waals surface area contributed by atoms with Crippen molar-refractivity contribution >= 4 is 27.0 Å². The van der Waals surface area contributed by atoms with Crippen LogP contribution in [0.5, 0.6) is 0 Å². The van der Waals surface area contributed by atoms with Crippen LogP contribution in [0.1, 0.15) is 12.5 Å². The van der Waals surface area contributed by atoms with E-state index in [-0.39, 0.29) is 0 Å².